The first-order valence-electron chi connectivity index (χ1n) is 7.02. The van der Waals surface area contributed by atoms with Crippen molar-refractivity contribution in [1.82, 2.24) is 9.55 Å². The van der Waals surface area contributed by atoms with Crippen molar-refractivity contribution in [3.8, 4) is 17.1 Å². The van der Waals surface area contributed by atoms with E-state index in [1.165, 1.54) is 5.38 Å². The van der Waals surface area contributed by atoms with Crippen molar-refractivity contribution in [2.24, 2.45) is 0 Å². The number of aryl methyl sites for hydroxylation is 1. The zero-order valence-electron chi connectivity index (χ0n) is 13.2. The van der Waals surface area contributed by atoms with Gasteiger partial charge >= 0.3 is 4.87 Å². The number of pyridine rings is 1. The number of sulfone groups is 1. The molecule has 9 heteroatoms. The van der Waals surface area contributed by atoms with E-state index in [-0.39, 0.29) is 17.1 Å². The third kappa shape index (κ3) is 3.24. The van der Waals surface area contributed by atoms with Crippen molar-refractivity contribution in [2.75, 3.05) is 6.26 Å². The lowest BCUT2D eigenvalue weighted by Crippen LogP contribution is -2.14. The number of hydrogen-bond donors (Lipinski definition) is 0. The third-order valence-corrected chi connectivity index (χ3v) is 5.33. The van der Waals surface area contributed by atoms with Gasteiger partial charge in [0.25, 0.3) is 0 Å². The van der Waals surface area contributed by atoms with Gasteiger partial charge in [-0.05, 0) is 31.2 Å². The van der Waals surface area contributed by atoms with E-state index in [1.54, 1.807) is 25.1 Å². The molecule has 2 aromatic heterocycles. The maximum absolute atomic E-state index is 14.5. The summed E-state index contributed by atoms with van der Waals surface area (Å²) >= 11 is 0.811. The molecule has 0 saturated heterocycles. The molecule has 0 atom stereocenters. The Morgan fingerprint density at radius 3 is 2.52 bits per heavy atom. The van der Waals surface area contributed by atoms with Crippen LogP contribution in [-0.4, -0.2) is 24.2 Å². The summed E-state index contributed by atoms with van der Waals surface area (Å²) in [6.07, 6.45) is 0.793. The predicted molar refractivity (Wildman–Crippen MR) is 90.9 cm³/mol. The largest absolute Gasteiger partial charge is 0.313 e. The molecule has 1 aromatic carbocycles. The van der Waals surface area contributed by atoms with Gasteiger partial charge < -0.3 is 0 Å². The first kappa shape index (κ1) is 17.4. The van der Waals surface area contributed by atoms with Gasteiger partial charge in [-0.25, -0.2) is 22.2 Å². The molecule has 25 heavy (non-hydrogen) atoms. The van der Waals surface area contributed by atoms with Crippen LogP contribution in [0.1, 0.15) is 5.69 Å². The molecule has 2 heterocycles. The first-order valence-corrected chi connectivity index (χ1v) is 9.79. The van der Waals surface area contributed by atoms with E-state index in [9.17, 15) is 22.0 Å². The lowest BCUT2D eigenvalue weighted by atomic mass is 10.1. The standard InChI is InChI=1S/C16H12F2N2O3S2/c1-9-4-3-5-15(19-9)20-13(8-24-16(20)21)10-6-12(18)14(7-11(10)17)25(2,22)23/h3-8H,1-2H3. The molecule has 0 amide bonds. The molecule has 0 unspecified atom stereocenters. The van der Waals surface area contributed by atoms with E-state index in [2.05, 4.69) is 4.98 Å². The van der Waals surface area contributed by atoms with Crippen LogP contribution in [-0.2, 0) is 9.84 Å². The molecule has 3 rings (SSSR count). The van der Waals surface area contributed by atoms with Crippen molar-refractivity contribution < 1.29 is 17.2 Å². The average Bonchev–Trinajstić information content (AvgIpc) is 2.89. The van der Waals surface area contributed by atoms with Crippen molar-refractivity contribution in [3.63, 3.8) is 0 Å². The second-order valence-electron chi connectivity index (χ2n) is 5.39. The number of nitrogens with zero attached hydrogens (tertiary/aromatic N) is 2. The van der Waals surface area contributed by atoms with Crippen molar-refractivity contribution in [1.29, 1.82) is 0 Å². The van der Waals surface area contributed by atoms with E-state index in [4.69, 9.17) is 0 Å². The highest BCUT2D eigenvalue weighted by atomic mass is 32.2. The van der Waals surface area contributed by atoms with Crippen molar-refractivity contribution in [2.45, 2.75) is 11.8 Å². The smallest absolute Gasteiger partial charge is 0.256 e. The molecular formula is C16H12F2N2O3S2. The molecule has 0 spiro atoms. The van der Waals surface area contributed by atoms with Crippen LogP contribution in [0.15, 0.2) is 45.4 Å². The number of hydrogen-bond acceptors (Lipinski definition) is 5. The monoisotopic (exact) mass is 382 g/mol. The van der Waals surface area contributed by atoms with E-state index in [1.807, 2.05) is 0 Å². The quantitative estimate of drug-likeness (QED) is 0.698. The number of aromatic nitrogens is 2. The zero-order chi connectivity index (χ0) is 18.4. The molecule has 0 aliphatic rings. The zero-order valence-corrected chi connectivity index (χ0v) is 14.8. The van der Waals surface area contributed by atoms with E-state index < -0.39 is 31.2 Å². The van der Waals surface area contributed by atoms with Gasteiger partial charge in [-0.2, -0.15) is 0 Å². The van der Waals surface area contributed by atoms with E-state index in [0.717, 1.165) is 28.2 Å². The third-order valence-electron chi connectivity index (χ3n) is 3.49. The first-order chi connectivity index (χ1) is 11.7. The Bertz CT molecular complexity index is 1130. The normalized spacial score (nSPS) is 11.7. The van der Waals surface area contributed by atoms with Crippen LogP contribution in [0.4, 0.5) is 8.78 Å². The molecule has 0 radical (unpaired) electrons. The summed E-state index contributed by atoms with van der Waals surface area (Å²) in [4.78, 5) is 15.3. The van der Waals surface area contributed by atoms with Gasteiger partial charge in [0, 0.05) is 22.9 Å². The highest BCUT2D eigenvalue weighted by Crippen LogP contribution is 2.29. The van der Waals surface area contributed by atoms with Crippen LogP contribution in [0, 0.1) is 18.6 Å². The lowest BCUT2D eigenvalue weighted by molar-refractivity contribution is 0.557. The minimum Gasteiger partial charge on any atom is -0.256 e. The highest BCUT2D eigenvalue weighted by Gasteiger charge is 2.21. The summed E-state index contributed by atoms with van der Waals surface area (Å²) in [5.41, 5.74) is 0.539. The molecule has 5 nitrogen and oxygen atoms in total. The molecule has 0 aliphatic carbocycles. The topological polar surface area (TPSA) is 69.0 Å². The Kier molecular flexibility index (Phi) is 4.29. The molecule has 0 fully saturated rings. The molecule has 0 aliphatic heterocycles. The molecule has 130 valence electrons. The second-order valence-corrected chi connectivity index (χ2v) is 8.20. The SMILES string of the molecule is Cc1cccc(-n2c(-c3cc(F)c(S(C)(=O)=O)cc3F)csc2=O)n1. The predicted octanol–water partition coefficient (Wildman–Crippen LogP) is 2.95. The fourth-order valence-corrected chi connectivity index (χ4v) is 3.85. The fourth-order valence-electron chi connectivity index (χ4n) is 2.37. The lowest BCUT2D eigenvalue weighted by Gasteiger charge is -2.10. The second kappa shape index (κ2) is 6.16. The Balaban J connectivity index is 2.26. The molecule has 0 N–H and O–H groups in total. The van der Waals surface area contributed by atoms with Gasteiger partial charge in [-0.15, -0.1) is 0 Å². The number of benzene rings is 1. The maximum atomic E-state index is 14.5. The summed E-state index contributed by atoms with van der Waals surface area (Å²) in [5.74, 6) is -1.75. The van der Waals surface area contributed by atoms with Crippen LogP contribution in [0.5, 0.6) is 0 Å². The minimum absolute atomic E-state index is 0.101. The Morgan fingerprint density at radius 1 is 1.16 bits per heavy atom. The fraction of sp³-hybridized carbons (Fsp3) is 0.125. The molecule has 0 bridgehead atoms. The van der Waals surface area contributed by atoms with E-state index in [0.29, 0.717) is 11.8 Å². The van der Waals surface area contributed by atoms with Crippen LogP contribution in [0.25, 0.3) is 17.1 Å². The highest BCUT2D eigenvalue weighted by molar-refractivity contribution is 7.90. The summed E-state index contributed by atoms with van der Waals surface area (Å²) in [7, 11) is -3.91. The van der Waals surface area contributed by atoms with Crippen molar-refractivity contribution >= 4 is 21.2 Å². The van der Waals surface area contributed by atoms with Gasteiger partial charge in [-0.1, -0.05) is 17.4 Å². The van der Waals surface area contributed by atoms with Crippen LogP contribution >= 0.6 is 11.3 Å². The summed E-state index contributed by atoms with van der Waals surface area (Å²) in [6.45, 7) is 1.74. The molecule has 3 aromatic rings. The van der Waals surface area contributed by atoms with Gasteiger partial charge in [-0.3, -0.25) is 9.36 Å². The molecular weight excluding hydrogens is 370 g/mol. The van der Waals surface area contributed by atoms with Gasteiger partial charge in [0.2, 0.25) is 0 Å². The maximum Gasteiger partial charge on any atom is 0.313 e. The van der Waals surface area contributed by atoms with Gasteiger partial charge in [0.15, 0.2) is 9.84 Å². The molecule has 0 saturated carbocycles. The van der Waals surface area contributed by atoms with Crippen LogP contribution < -0.4 is 4.87 Å². The van der Waals surface area contributed by atoms with Gasteiger partial charge in [0.05, 0.1) is 5.69 Å². The average molecular weight is 382 g/mol. The summed E-state index contributed by atoms with van der Waals surface area (Å²) in [5, 5.41) is 1.38. The summed E-state index contributed by atoms with van der Waals surface area (Å²) in [6, 6.07) is 6.40. The Morgan fingerprint density at radius 2 is 1.88 bits per heavy atom. The van der Waals surface area contributed by atoms with Crippen LogP contribution in [0.2, 0.25) is 0 Å². The van der Waals surface area contributed by atoms with Crippen LogP contribution in [0.3, 0.4) is 0 Å². The van der Waals surface area contributed by atoms with E-state index >= 15 is 0 Å². The minimum atomic E-state index is -3.91. The van der Waals surface area contributed by atoms with Gasteiger partial charge in [0.1, 0.15) is 22.3 Å². The summed E-state index contributed by atoms with van der Waals surface area (Å²) < 4.78 is 52.8. The number of rotatable bonds is 3. The number of halogens is 2. The van der Waals surface area contributed by atoms with Crippen molar-refractivity contribution in [3.05, 3.63) is 62.7 Å². The Labute approximate surface area is 146 Å². The Hall–Kier alpha value is -2.39. The number of thiazole rings is 1.